The van der Waals surface area contributed by atoms with Crippen LogP contribution in [0.15, 0.2) is 142 Å². The molecular formula is C46H32Br2O4. The highest BCUT2D eigenvalue weighted by molar-refractivity contribution is 9.10. The summed E-state index contributed by atoms with van der Waals surface area (Å²) in [5.41, 5.74) is 8.59. The van der Waals surface area contributed by atoms with Crippen LogP contribution in [-0.4, -0.2) is 14.2 Å². The Labute approximate surface area is 319 Å². The quantitative estimate of drug-likeness (QED) is 0.168. The van der Waals surface area contributed by atoms with E-state index in [1.54, 1.807) is 14.2 Å². The second-order valence-electron chi connectivity index (χ2n) is 13.0. The molecule has 7 aromatic carbocycles. The molecule has 52 heavy (non-hydrogen) atoms. The molecule has 2 aliphatic rings. The molecular weight excluding hydrogens is 776 g/mol. The molecule has 4 nitrogen and oxygen atoms in total. The number of hydrogen-bond acceptors (Lipinski definition) is 4. The average molecular weight is 809 g/mol. The topological polar surface area (TPSA) is 36.9 Å². The van der Waals surface area contributed by atoms with Crippen molar-refractivity contribution >= 4 is 76.7 Å². The Bertz CT molecular complexity index is 2370. The van der Waals surface area contributed by atoms with Crippen LogP contribution in [0.25, 0.3) is 44.8 Å². The molecule has 0 bridgehead atoms. The lowest BCUT2D eigenvalue weighted by atomic mass is 9.86. The largest absolute Gasteiger partial charge is 0.497 e. The van der Waals surface area contributed by atoms with Crippen molar-refractivity contribution in [1.29, 1.82) is 0 Å². The van der Waals surface area contributed by atoms with Crippen LogP contribution >= 0.6 is 31.9 Å². The number of benzene rings is 7. The molecule has 0 radical (unpaired) electrons. The van der Waals surface area contributed by atoms with Gasteiger partial charge in [-0.1, -0.05) is 105 Å². The van der Waals surface area contributed by atoms with Gasteiger partial charge < -0.3 is 18.9 Å². The first-order valence-electron chi connectivity index (χ1n) is 17.1. The van der Waals surface area contributed by atoms with Gasteiger partial charge in [0.15, 0.2) is 0 Å². The van der Waals surface area contributed by atoms with E-state index in [2.05, 4.69) is 153 Å². The van der Waals surface area contributed by atoms with Crippen LogP contribution in [0.5, 0.6) is 23.0 Å². The highest BCUT2D eigenvalue weighted by atomic mass is 79.9. The predicted molar refractivity (Wildman–Crippen MR) is 218 cm³/mol. The fourth-order valence-corrected chi connectivity index (χ4v) is 8.09. The second kappa shape index (κ2) is 13.4. The molecule has 2 heterocycles. The third-order valence-corrected chi connectivity index (χ3v) is 11.0. The van der Waals surface area contributed by atoms with Gasteiger partial charge in [-0.2, -0.15) is 0 Å². The van der Waals surface area contributed by atoms with Gasteiger partial charge in [0.1, 0.15) is 35.2 Å². The maximum atomic E-state index is 6.86. The van der Waals surface area contributed by atoms with E-state index in [1.165, 1.54) is 0 Å². The number of ether oxygens (including phenoxy) is 4. The van der Waals surface area contributed by atoms with Gasteiger partial charge in [0, 0.05) is 31.2 Å². The number of hydrogen-bond donors (Lipinski definition) is 0. The minimum Gasteiger partial charge on any atom is -0.497 e. The summed E-state index contributed by atoms with van der Waals surface area (Å²) in [5.74, 6) is 3.34. The van der Waals surface area contributed by atoms with Crippen LogP contribution < -0.4 is 18.9 Å². The first-order chi connectivity index (χ1) is 25.4. The Morgan fingerprint density at radius 3 is 1.25 bits per heavy atom. The monoisotopic (exact) mass is 806 g/mol. The zero-order valence-corrected chi connectivity index (χ0v) is 31.6. The zero-order valence-electron chi connectivity index (χ0n) is 28.4. The summed E-state index contributed by atoms with van der Waals surface area (Å²) in [6.45, 7) is 0. The van der Waals surface area contributed by atoms with E-state index >= 15 is 0 Å². The number of fused-ring (bicyclic) bond motifs is 6. The van der Waals surface area contributed by atoms with Crippen molar-refractivity contribution in [1.82, 2.24) is 0 Å². The van der Waals surface area contributed by atoms with E-state index < -0.39 is 0 Å². The van der Waals surface area contributed by atoms with Crippen LogP contribution in [0.1, 0.15) is 45.6 Å². The van der Waals surface area contributed by atoms with E-state index in [0.717, 1.165) is 98.0 Å². The van der Waals surface area contributed by atoms with Crippen LogP contribution in [0.4, 0.5) is 0 Å². The van der Waals surface area contributed by atoms with Gasteiger partial charge in [-0.05, 0) is 117 Å². The van der Waals surface area contributed by atoms with Crippen LogP contribution in [0.2, 0.25) is 0 Å². The zero-order chi connectivity index (χ0) is 35.3. The summed E-state index contributed by atoms with van der Waals surface area (Å²) in [5, 5.41) is 4.60. The molecule has 0 fully saturated rings. The minimum atomic E-state index is -0.306. The lowest BCUT2D eigenvalue weighted by molar-refractivity contribution is 0.261. The molecule has 0 saturated heterocycles. The third kappa shape index (κ3) is 5.86. The van der Waals surface area contributed by atoms with Crippen molar-refractivity contribution in [2.45, 2.75) is 12.2 Å². The smallest absolute Gasteiger partial charge is 0.149 e. The average Bonchev–Trinajstić information content (AvgIpc) is 3.19. The normalized spacial score (nSPS) is 16.2. The highest BCUT2D eigenvalue weighted by Gasteiger charge is 2.29. The van der Waals surface area contributed by atoms with Gasteiger partial charge in [-0.15, -0.1) is 0 Å². The maximum absolute atomic E-state index is 6.86. The summed E-state index contributed by atoms with van der Waals surface area (Å²) in [6, 6.07) is 46.3. The van der Waals surface area contributed by atoms with Crippen molar-refractivity contribution in [2.75, 3.05) is 14.2 Å². The first-order valence-corrected chi connectivity index (χ1v) is 18.6. The number of methoxy groups -OCH3 is 2. The SMILES string of the molecule is COc1ccc(C2Oc3ccc4cc(Br)ccc4c3C=C2c2ccc(C3=Cc4c(ccc5cc(Br)ccc45)OC3c3ccc(OC)cc3)cc2)cc1. The fraction of sp³-hybridized carbons (Fsp3) is 0.0870. The summed E-state index contributed by atoms with van der Waals surface area (Å²) in [6.07, 6.45) is 3.98. The molecule has 254 valence electrons. The summed E-state index contributed by atoms with van der Waals surface area (Å²) < 4.78 is 26.8. The van der Waals surface area contributed by atoms with Gasteiger partial charge in [0.2, 0.25) is 0 Å². The predicted octanol–water partition coefficient (Wildman–Crippen LogP) is 12.9. The Morgan fingerprint density at radius 2 is 0.865 bits per heavy atom. The molecule has 0 spiro atoms. The molecule has 0 N–H and O–H groups in total. The van der Waals surface area contributed by atoms with Gasteiger partial charge in [-0.25, -0.2) is 0 Å². The summed E-state index contributed by atoms with van der Waals surface area (Å²) in [4.78, 5) is 0. The molecule has 0 aromatic heterocycles. The molecule has 2 atom stereocenters. The molecule has 2 aliphatic heterocycles. The van der Waals surface area contributed by atoms with Crippen molar-refractivity contribution in [3.63, 3.8) is 0 Å². The molecule has 6 heteroatoms. The second-order valence-corrected chi connectivity index (χ2v) is 14.8. The molecule has 0 amide bonds. The lowest BCUT2D eigenvalue weighted by Gasteiger charge is -2.30. The van der Waals surface area contributed by atoms with Crippen molar-refractivity contribution < 1.29 is 18.9 Å². The molecule has 7 aromatic rings. The van der Waals surface area contributed by atoms with E-state index in [4.69, 9.17) is 18.9 Å². The summed E-state index contributed by atoms with van der Waals surface area (Å²) in [7, 11) is 3.37. The lowest BCUT2D eigenvalue weighted by Crippen LogP contribution is -2.15. The highest BCUT2D eigenvalue weighted by Crippen LogP contribution is 2.48. The van der Waals surface area contributed by atoms with Gasteiger partial charge in [0.05, 0.1) is 14.2 Å². The standard InChI is InChI=1S/C46H32Br2O4/c1-49-35-15-7-29(8-16-35)45-39(25-41-37-19-13-33(47)23-31(37)11-21-43(41)51-45)27-3-5-28(6-4-27)40-26-42-38-20-14-34(48)24-32(38)12-22-44(42)52-46(40)30-9-17-36(50-2)18-10-30/h3-26,45-46H,1-2H3. The van der Waals surface area contributed by atoms with E-state index in [9.17, 15) is 0 Å². The van der Waals surface area contributed by atoms with Crippen molar-refractivity contribution in [3.05, 3.63) is 176 Å². The Kier molecular flexibility index (Phi) is 8.37. The van der Waals surface area contributed by atoms with Gasteiger partial charge in [-0.3, -0.25) is 0 Å². The van der Waals surface area contributed by atoms with Crippen LogP contribution in [0.3, 0.4) is 0 Å². The molecule has 9 rings (SSSR count). The molecule has 0 aliphatic carbocycles. The number of rotatable bonds is 6. The van der Waals surface area contributed by atoms with Crippen molar-refractivity contribution in [2.24, 2.45) is 0 Å². The maximum Gasteiger partial charge on any atom is 0.149 e. The van der Waals surface area contributed by atoms with Crippen LogP contribution in [-0.2, 0) is 0 Å². The first kappa shape index (κ1) is 32.6. The van der Waals surface area contributed by atoms with E-state index in [0.29, 0.717) is 0 Å². The van der Waals surface area contributed by atoms with E-state index in [-0.39, 0.29) is 12.2 Å². The minimum absolute atomic E-state index is 0.306. The van der Waals surface area contributed by atoms with Gasteiger partial charge >= 0.3 is 0 Å². The van der Waals surface area contributed by atoms with Gasteiger partial charge in [0.25, 0.3) is 0 Å². The Morgan fingerprint density at radius 1 is 0.462 bits per heavy atom. The third-order valence-electron chi connectivity index (χ3n) is 10.0. The van der Waals surface area contributed by atoms with E-state index in [1.807, 2.05) is 24.3 Å². The Hall–Kier alpha value is -5.30. The number of halogens is 2. The molecule has 2 unspecified atom stereocenters. The molecule has 0 saturated carbocycles. The van der Waals surface area contributed by atoms with Crippen LogP contribution in [0, 0.1) is 0 Å². The fourth-order valence-electron chi connectivity index (χ4n) is 7.33. The van der Waals surface area contributed by atoms with Crippen molar-refractivity contribution in [3.8, 4) is 23.0 Å². The Balaban J connectivity index is 1.17. The summed E-state index contributed by atoms with van der Waals surface area (Å²) >= 11 is 7.28.